The van der Waals surface area contributed by atoms with E-state index in [0.717, 1.165) is 32.4 Å². The average molecular weight is 289 g/mol. The van der Waals surface area contributed by atoms with Crippen LogP contribution in [0.4, 0.5) is 0 Å². The highest BCUT2D eigenvalue weighted by Crippen LogP contribution is 2.35. The van der Waals surface area contributed by atoms with Crippen LogP contribution in [0.15, 0.2) is 0 Å². The lowest BCUT2D eigenvalue weighted by atomic mass is 9.89. The fourth-order valence-corrected chi connectivity index (χ4v) is 5.32. The predicted molar refractivity (Wildman–Crippen MR) is 72.7 cm³/mol. The van der Waals surface area contributed by atoms with Crippen molar-refractivity contribution >= 4 is 15.8 Å². The molecule has 6 heteroatoms. The van der Waals surface area contributed by atoms with Crippen LogP contribution >= 0.6 is 0 Å². The second-order valence-electron chi connectivity index (χ2n) is 5.60. The number of nitrogens with zero attached hydrogens (tertiary/aromatic N) is 1. The van der Waals surface area contributed by atoms with E-state index in [9.17, 15) is 13.2 Å². The lowest BCUT2D eigenvalue weighted by Crippen LogP contribution is -2.56. The van der Waals surface area contributed by atoms with Crippen LogP contribution in [-0.4, -0.2) is 56.0 Å². The summed E-state index contributed by atoms with van der Waals surface area (Å²) < 4.78 is 29.0. The minimum atomic E-state index is -3.04. The van der Waals surface area contributed by atoms with Gasteiger partial charge in [-0.25, -0.2) is 8.42 Å². The average Bonchev–Trinajstić information content (AvgIpc) is 2.81. The molecule has 2 heterocycles. The van der Waals surface area contributed by atoms with Gasteiger partial charge in [-0.3, -0.25) is 9.69 Å². The number of carbonyl (C=O) groups excluding carboxylic acids is 1. The van der Waals surface area contributed by atoms with E-state index < -0.39 is 15.4 Å². The van der Waals surface area contributed by atoms with E-state index in [-0.39, 0.29) is 23.9 Å². The van der Waals surface area contributed by atoms with E-state index in [1.54, 1.807) is 6.92 Å². The molecule has 2 saturated heterocycles. The Morgan fingerprint density at radius 2 is 1.95 bits per heavy atom. The summed E-state index contributed by atoms with van der Waals surface area (Å²) in [6, 6.07) is 0. The van der Waals surface area contributed by atoms with Gasteiger partial charge in [-0.1, -0.05) is 0 Å². The van der Waals surface area contributed by atoms with Crippen molar-refractivity contribution in [2.24, 2.45) is 0 Å². The molecular formula is C13H23NO4S. The molecule has 0 aliphatic carbocycles. The summed E-state index contributed by atoms with van der Waals surface area (Å²) >= 11 is 0. The molecule has 0 spiro atoms. The van der Waals surface area contributed by atoms with Gasteiger partial charge in [0, 0.05) is 5.54 Å². The molecule has 0 aromatic heterocycles. The van der Waals surface area contributed by atoms with Gasteiger partial charge >= 0.3 is 5.97 Å². The quantitative estimate of drug-likeness (QED) is 0.722. The van der Waals surface area contributed by atoms with Gasteiger partial charge < -0.3 is 4.74 Å². The van der Waals surface area contributed by atoms with Gasteiger partial charge in [-0.05, 0) is 45.7 Å². The van der Waals surface area contributed by atoms with Crippen LogP contribution < -0.4 is 0 Å². The number of hydrogen-bond acceptors (Lipinski definition) is 5. The highest BCUT2D eigenvalue weighted by molar-refractivity contribution is 7.91. The number of likely N-dealkylation sites (tertiary alicyclic amines) is 1. The van der Waals surface area contributed by atoms with Crippen molar-refractivity contribution in [2.45, 2.75) is 44.6 Å². The third-order valence-corrected chi connectivity index (χ3v) is 6.03. The molecule has 2 rings (SSSR count). The van der Waals surface area contributed by atoms with E-state index in [2.05, 4.69) is 4.90 Å². The van der Waals surface area contributed by atoms with Crippen LogP contribution in [0, 0.1) is 0 Å². The zero-order chi connectivity index (χ0) is 13.9. The van der Waals surface area contributed by atoms with Crippen LogP contribution in [0.25, 0.3) is 0 Å². The molecule has 2 aliphatic heterocycles. The molecule has 0 amide bonds. The van der Waals surface area contributed by atoms with Crippen molar-refractivity contribution in [3.63, 3.8) is 0 Å². The first-order valence-electron chi connectivity index (χ1n) is 7.08. The van der Waals surface area contributed by atoms with Gasteiger partial charge in [0.1, 0.15) is 0 Å². The first-order valence-corrected chi connectivity index (χ1v) is 8.91. The molecule has 0 bridgehead atoms. The molecule has 1 atom stereocenters. The summed E-state index contributed by atoms with van der Waals surface area (Å²) in [6.45, 7) is 3.92. The van der Waals surface area contributed by atoms with E-state index in [0.29, 0.717) is 13.0 Å². The summed E-state index contributed by atoms with van der Waals surface area (Å²) in [5.74, 6) is 0.0935. The molecule has 19 heavy (non-hydrogen) atoms. The number of esters is 1. The fourth-order valence-electron chi connectivity index (χ4n) is 3.35. The lowest BCUT2D eigenvalue weighted by molar-refractivity contribution is -0.146. The Morgan fingerprint density at radius 3 is 2.53 bits per heavy atom. The summed E-state index contributed by atoms with van der Waals surface area (Å²) in [5, 5.41) is 0. The molecule has 2 aliphatic rings. The summed E-state index contributed by atoms with van der Waals surface area (Å²) in [4.78, 5) is 14.0. The second kappa shape index (κ2) is 5.79. The van der Waals surface area contributed by atoms with Gasteiger partial charge in [0.15, 0.2) is 9.84 Å². The molecule has 0 N–H and O–H groups in total. The smallest absolute Gasteiger partial charge is 0.307 e. The Morgan fingerprint density at radius 1 is 1.26 bits per heavy atom. The number of rotatable bonds is 4. The maximum atomic E-state index is 12.0. The van der Waals surface area contributed by atoms with Gasteiger partial charge in [0.2, 0.25) is 0 Å². The second-order valence-corrected chi connectivity index (χ2v) is 7.78. The van der Waals surface area contributed by atoms with Crippen molar-refractivity contribution in [1.82, 2.24) is 4.90 Å². The Kier molecular flexibility index (Phi) is 4.50. The van der Waals surface area contributed by atoms with E-state index in [1.807, 2.05) is 0 Å². The fraction of sp³-hybridized carbons (Fsp3) is 0.923. The molecule has 5 nitrogen and oxygen atoms in total. The van der Waals surface area contributed by atoms with E-state index in [4.69, 9.17) is 4.74 Å². The van der Waals surface area contributed by atoms with Crippen LogP contribution in [0.5, 0.6) is 0 Å². The first kappa shape index (κ1) is 14.8. The molecule has 2 fully saturated rings. The minimum absolute atomic E-state index is 0.110. The van der Waals surface area contributed by atoms with Crippen LogP contribution in [0.1, 0.15) is 39.0 Å². The van der Waals surface area contributed by atoms with Gasteiger partial charge in [-0.15, -0.1) is 0 Å². The van der Waals surface area contributed by atoms with Crippen molar-refractivity contribution < 1.29 is 17.9 Å². The topological polar surface area (TPSA) is 63.7 Å². The molecule has 0 aromatic carbocycles. The van der Waals surface area contributed by atoms with Crippen molar-refractivity contribution in [1.29, 1.82) is 0 Å². The van der Waals surface area contributed by atoms with E-state index in [1.165, 1.54) is 0 Å². The lowest BCUT2D eigenvalue weighted by Gasteiger charge is -2.43. The maximum Gasteiger partial charge on any atom is 0.307 e. The van der Waals surface area contributed by atoms with Crippen molar-refractivity contribution in [2.75, 3.05) is 31.2 Å². The Labute approximate surface area is 115 Å². The zero-order valence-electron chi connectivity index (χ0n) is 11.6. The number of carbonyl (C=O) groups is 1. The largest absolute Gasteiger partial charge is 0.466 e. The highest BCUT2D eigenvalue weighted by atomic mass is 32.2. The Hall–Kier alpha value is -0.620. The molecular weight excluding hydrogens is 266 g/mol. The minimum Gasteiger partial charge on any atom is -0.466 e. The van der Waals surface area contributed by atoms with Crippen LogP contribution in [-0.2, 0) is 19.4 Å². The Bertz CT molecular complexity index is 428. The molecule has 110 valence electrons. The summed E-state index contributed by atoms with van der Waals surface area (Å²) in [6.07, 6.45) is 3.82. The number of sulfone groups is 1. The predicted octanol–water partition coefficient (Wildman–Crippen LogP) is 0.983. The van der Waals surface area contributed by atoms with Crippen molar-refractivity contribution in [3.05, 3.63) is 0 Å². The van der Waals surface area contributed by atoms with E-state index >= 15 is 0 Å². The standard InChI is InChI=1S/C13H23NO4S/c1-2-18-12(15)10-13(14-7-3-4-8-14)6-5-9-19(16,17)11-13/h2-11H2,1H3. The molecule has 1 unspecified atom stereocenters. The first-order chi connectivity index (χ1) is 8.97. The molecule has 0 aromatic rings. The zero-order valence-corrected chi connectivity index (χ0v) is 12.4. The monoisotopic (exact) mass is 289 g/mol. The number of ether oxygens (including phenoxy) is 1. The third-order valence-electron chi connectivity index (χ3n) is 4.14. The summed E-state index contributed by atoms with van der Waals surface area (Å²) in [7, 11) is -3.04. The normalized spacial score (nSPS) is 31.2. The maximum absolute atomic E-state index is 12.0. The highest BCUT2D eigenvalue weighted by Gasteiger charge is 2.46. The van der Waals surface area contributed by atoms with Gasteiger partial charge in [-0.2, -0.15) is 0 Å². The third kappa shape index (κ3) is 3.48. The molecule has 0 radical (unpaired) electrons. The van der Waals surface area contributed by atoms with Gasteiger partial charge in [0.25, 0.3) is 0 Å². The molecule has 0 saturated carbocycles. The van der Waals surface area contributed by atoms with Crippen LogP contribution in [0.2, 0.25) is 0 Å². The Balaban J connectivity index is 2.19. The van der Waals surface area contributed by atoms with Gasteiger partial charge in [0.05, 0.1) is 24.5 Å². The summed E-state index contributed by atoms with van der Waals surface area (Å²) in [5.41, 5.74) is -0.514. The number of hydrogen-bond donors (Lipinski definition) is 0. The van der Waals surface area contributed by atoms with Crippen LogP contribution in [0.3, 0.4) is 0 Å². The SMILES string of the molecule is CCOC(=O)CC1(N2CCCC2)CCCS(=O)(=O)C1. The van der Waals surface area contributed by atoms with Crippen molar-refractivity contribution in [3.8, 4) is 0 Å².